The summed E-state index contributed by atoms with van der Waals surface area (Å²) in [5, 5.41) is 1.85. The van der Waals surface area contributed by atoms with E-state index in [-0.39, 0.29) is 6.54 Å². The van der Waals surface area contributed by atoms with Gasteiger partial charge < -0.3 is 5.32 Å². The third-order valence-corrected chi connectivity index (χ3v) is 4.89. The molecule has 19 heavy (non-hydrogen) atoms. The van der Waals surface area contributed by atoms with Crippen molar-refractivity contribution in [2.75, 3.05) is 12.3 Å². The first-order valence-electron chi connectivity index (χ1n) is 6.15. The van der Waals surface area contributed by atoms with Crippen molar-refractivity contribution in [3.63, 3.8) is 0 Å². The largest absolute Gasteiger partial charge is 0.352 e. The Morgan fingerprint density at radius 3 is 2.53 bits per heavy atom. The summed E-state index contributed by atoms with van der Waals surface area (Å²) in [6, 6.07) is 8.97. The number of benzene rings is 1. The molecule has 0 bridgehead atoms. The lowest BCUT2D eigenvalue weighted by atomic mass is 10.1. The molecule has 1 N–H and O–H groups in total. The third-order valence-electron chi connectivity index (χ3n) is 2.75. The van der Waals surface area contributed by atoms with Gasteiger partial charge in [0.05, 0.1) is 5.25 Å². The molecule has 1 aromatic carbocycles. The predicted molar refractivity (Wildman–Crippen MR) is 76.5 cm³/mol. The Bertz CT molecular complexity index is 523. The van der Waals surface area contributed by atoms with Crippen LogP contribution in [-0.2, 0) is 14.6 Å². The van der Waals surface area contributed by atoms with Crippen LogP contribution in [-0.4, -0.2) is 26.6 Å². The maximum Gasteiger partial charge on any atom is 0.235 e. The second-order valence-electron chi connectivity index (χ2n) is 4.21. The zero-order chi connectivity index (χ0) is 14.3. The van der Waals surface area contributed by atoms with Gasteiger partial charge in [0.15, 0.2) is 9.84 Å². The van der Waals surface area contributed by atoms with Gasteiger partial charge in [-0.15, -0.1) is 6.58 Å². The van der Waals surface area contributed by atoms with Crippen molar-refractivity contribution in [1.29, 1.82) is 0 Å². The molecule has 5 heteroatoms. The standard InChI is InChI=1S/C14H19NO3S/c1-3-10-15-14(16)11-19(17,18)13(4-2)12-8-6-5-7-9-12/h3,5-9,13H,1,4,10-11H2,2H3,(H,15,16). The molecule has 1 unspecified atom stereocenters. The molecule has 0 saturated heterocycles. The van der Waals surface area contributed by atoms with E-state index >= 15 is 0 Å². The van der Waals surface area contributed by atoms with Crippen molar-refractivity contribution in [3.05, 3.63) is 48.6 Å². The van der Waals surface area contributed by atoms with Gasteiger partial charge in [-0.2, -0.15) is 0 Å². The molecule has 1 amide bonds. The van der Waals surface area contributed by atoms with Crippen LogP contribution in [0.2, 0.25) is 0 Å². The summed E-state index contributed by atoms with van der Waals surface area (Å²) in [5.41, 5.74) is 0.724. The average Bonchev–Trinajstić information content (AvgIpc) is 2.37. The molecule has 0 spiro atoms. The van der Waals surface area contributed by atoms with Crippen molar-refractivity contribution in [2.24, 2.45) is 0 Å². The molecule has 0 aromatic heterocycles. The third kappa shape index (κ3) is 4.52. The van der Waals surface area contributed by atoms with Crippen LogP contribution in [0.3, 0.4) is 0 Å². The predicted octanol–water partition coefficient (Wildman–Crippen LogP) is 1.85. The molecule has 104 valence electrons. The lowest BCUT2D eigenvalue weighted by Gasteiger charge is -2.16. The first-order valence-corrected chi connectivity index (χ1v) is 7.87. The minimum Gasteiger partial charge on any atom is -0.352 e. The number of amides is 1. The Kier molecular flexibility index (Phi) is 5.76. The topological polar surface area (TPSA) is 63.2 Å². The van der Waals surface area contributed by atoms with E-state index in [9.17, 15) is 13.2 Å². The molecule has 0 heterocycles. The maximum absolute atomic E-state index is 12.2. The molecule has 1 rings (SSSR count). The van der Waals surface area contributed by atoms with Gasteiger partial charge in [-0.25, -0.2) is 8.42 Å². The smallest absolute Gasteiger partial charge is 0.235 e. The number of sulfone groups is 1. The molecule has 1 aromatic rings. The lowest BCUT2D eigenvalue weighted by Crippen LogP contribution is -2.32. The van der Waals surface area contributed by atoms with Crippen molar-refractivity contribution < 1.29 is 13.2 Å². The minimum absolute atomic E-state index is 0.274. The molecule has 0 aliphatic heterocycles. The maximum atomic E-state index is 12.2. The highest BCUT2D eigenvalue weighted by molar-refractivity contribution is 7.92. The van der Waals surface area contributed by atoms with Crippen LogP contribution < -0.4 is 5.32 Å². The number of nitrogens with one attached hydrogen (secondary N) is 1. The highest BCUT2D eigenvalue weighted by Crippen LogP contribution is 2.26. The molecule has 1 atom stereocenters. The summed E-state index contributed by atoms with van der Waals surface area (Å²) in [6.07, 6.45) is 1.96. The fourth-order valence-electron chi connectivity index (χ4n) is 1.89. The highest BCUT2D eigenvalue weighted by Gasteiger charge is 2.27. The monoisotopic (exact) mass is 281 g/mol. The van der Waals surface area contributed by atoms with E-state index in [2.05, 4.69) is 11.9 Å². The summed E-state index contributed by atoms with van der Waals surface area (Å²) in [5.74, 6) is -0.983. The van der Waals surface area contributed by atoms with Crippen LogP contribution in [0.4, 0.5) is 0 Å². The first-order chi connectivity index (χ1) is 9.01. The Morgan fingerprint density at radius 2 is 2.00 bits per heavy atom. The van der Waals surface area contributed by atoms with E-state index in [1.807, 2.05) is 6.07 Å². The molecule has 4 nitrogen and oxygen atoms in total. The quantitative estimate of drug-likeness (QED) is 0.776. The molecule has 0 aliphatic rings. The van der Waals surface area contributed by atoms with Crippen molar-refractivity contribution in [2.45, 2.75) is 18.6 Å². The molecule has 0 aliphatic carbocycles. The molecular formula is C14H19NO3S. The van der Waals surface area contributed by atoms with Gasteiger partial charge in [-0.3, -0.25) is 4.79 Å². The minimum atomic E-state index is -3.50. The summed E-state index contributed by atoms with van der Waals surface area (Å²) in [4.78, 5) is 11.5. The average molecular weight is 281 g/mol. The zero-order valence-electron chi connectivity index (χ0n) is 11.0. The summed E-state index contributed by atoms with van der Waals surface area (Å²) in [7, 11) is -3.50. The second-order valence-corrected chi connectivity index (χ2v) is 6.39. The Labute approximate surface area is 114 Å². The Hall–Kier alpha value is -1.62. The molecule has 0 saturated carbocycles. The molecular weight excluding hydrogens is 262 g/mol. The van der Waals surface area contributed by atoms with Gasteiger partial charge in [-0.1, -0.05) is 43.3 Å². The van der Waals surface area contributed by atoms with E-state index < -0.39 is 26.7 Å². The van der Waals surface area contributed by atoms with Gasteiger partial charge in [0, 0.05) is 6.54 Å². The fraction of sp³-hybridized carbons (Fsp3) is 0.357. The fourth-order valence-corrected chi connectivity index (χ4v) is 3.63. The van der Waals surface area contributed by atoms with Gasteiger partial charge in [0.25, 0.3) is 0 Å². The first kappa shape index (κ1) is 15.4. The molecule has 0 radical (unpaired) electrons. The van der Waals surface area contributed by atoms with Crippen LogP contribution in [0.1, 0.15) is 24.2 Å². The van der Waals surface area contributed by atoms with E-state index in [4.69, 9.17) is 0 Å². The van der Waals surface area contributed by atoms with Crippen molar-refractivity contribution >= 4 is 15.7 Å². The summed E-state index contributed by atoms with van der Waals surface area (Å²) < 4.78 is 24.5. The SMILES string of the molecule is C=CCNC(=O)CS(=O)(=O)C(CC)c1ccccc1. The van der Waals surface area contributed by atoms with Gasteiger partial charge in [-0.05, 0) is 12.0 Å². The zero-order valence-corrected chi connectivity index (χ0v) is 11.8. The van der Waals surface area contributed by atoms with E-state index in [1.165, 1.54) is 6.08 Å². The van der Waals surface area contributed by atoms with Crippen molar-refractivity contribution in [1.82, 2.24) is 5.32 Å². The number of hydrogen-bond donors (Lipinski definition) is 1. The van der Waals surface area contributed by atoms with Gasteiger partial charge >= 0.3 is 0 Å². The summed E-state index contributed by atoms with van der Waals surface area (Å²) >= 11 is 0. The van der Waals surface area contributed by atoms with E-state index in [1.54, 1.807) is 31.2 Å². The highest BCUT2D eigenvalue weighted by atomic mass is 32.2. The van der Waals surface area contributed by atoms with E-state index in [0.717, 1.165) is 5.56 Å². The van der Waals surface area contributed by atoms with Crippen LogP contribution in [0.25, 0.3) is 0 Å². The second kappa shape index (κ2) is 7.09. The van der Waals surface area contributed by atoms with E-state index in [0.29, 0.717) is 6.42 Å². The molecule has 0 fully saturated rings. The van der Waals surface area contributed by atoms with Crippen LogP contribution >= 0.6 is 0 Å². The van der Waals surface area contributed by atoms with Crippen LogP contribution in [0, 0.1) is 0 Å². The van der Waals surface area contributed by atoms with Gasteiger partial charge in [0.2, 0.25) is 5.91 Å². The Morgan fingerprint density at radius 1 is 1.37 bits per heavy atom. The lowest BCUT2D eigenvalue weighted by molar-refractivity contribution is -0.118. The Balaban J connectivity index is 2.85. The van der Waals surface area contributed by atoms with Crippen LogP contribution in [0.15, 0.2) is 43.0 Å². The number of rotatable bonds is 7. The van der Waals surface area contributed by atoms with Gasteiger partial charge in [0.1, 0.15) is 5.75 Å². The summed E-state index contributed by atoms with van der Waals surface area (Å²) in [6.45, 7) is 5.54. The number of carbonyl (C=O) groups is 1. The van der Waals surface area contributed by atoms with Crippen LogP contribution in [0.5, 0.6) is 0 Å². The number of carbonyl (C=O) groups excluding carboxylic acids is 1. The normalized spacial score (nSPS) is 12.7. The van der Waals surface area contributed by atoms with Crippen molar-refractivity contribution in [3.8, 4) is 0 Å². The number of hydrogen-bond acceptors (Lipinski definition) is 3.